The first-order valence-electron chi connectivity index (χ1n) is 7.65. The van der Waals surface area contributed by atoms with Crippen molar-refractivity contribution in [2.24, 2.45) is 0 Å². The van der Waals surface area contributed by atoms with Crippen LogP contribution in [0.15, 0.2) is 30.3 Å². The van der Waals surface area contributed by atoms with E-state index in [2.05, 4.69) is 54.6 Å². The lowest BCUT2D eigenvalue weighted by Crippen LogP contribution is -2.58. The molecule has 1 aromatic rings. The van der Waals surface area contributed by atoms with Gasteiger partial charge in [-0.25, -0.2) is 0 Å². The molecule has 0 spiro atoms. The second-order valence-corrected chi connectivity index (χ2v) is 6.63. The van der Waals surface area contributed by atoms with E-state index in [1.807, 2.05) is 0 Å². The molecule has 2 fully saturated rings. The van der Waals surface area contributed by atoms with Crippen LogP contribution in [-0.4, -0.2) is 37.1 Å². The van der Waals surface area contributed by atoms with Crippen LogP contribution in [0.25, 0.3) is 0 Å². The lowest BCUT2D eigenvalue weighted by Gasteiger charge is -2.49. The van der Waals surface area contributed by atoms with Gasteiger partial charge in [-0.3, -0.25) is 0 Å². The Morgan fingerprint density at radius 1 is 1.16 bits per heavy atom. The van der Waals surface area contributed by atoms with Crippen molar-refractivity contribution in [3.05, 3.63) is 35.9 Å². The Labute approximate surface area is 117 Å². The van der Waals surface area contributed by atoms with Crippen LogP contribution in [0.2, 0.25) is 0 Å². The predicted molar refractivity (Wildman–Crippen MR) is 80.5 cm³/mol. The molecule has 0 atom stereocenters. The van der Waals surface area contributed by atoms with E-state index in [4.69, 9.17) is 0 Å². The lowest BCUT2D eigenvalue weighted by atomic mass is 9.73. The summed E-state index contributed by atoms with van der Waals surface area (Å²) in [5, 5.41) is 3.80. The number of rotatable bonds is 5. The van der Waals surface area contributed by atoms with Crippen molar-refractivity contribution in [1.29, 1.82) is 0 Å². The summed E-state index contributed by atoms with van der Waals surface area (Å²) in [4.78, 5) is 2.43. The van der Waals surface area contributed by atoms with E-state index in [1.165, 1.54) is 44.2 Å². The molecule has 0 heterocycles. The second kappa shape index (κ2) is 5.26. The fraction of sp³-hybridized carbons (Fsp3) is 0.647. The van der Waals surface area contributed by atoms with Gasteiger partial charge in [-0.05, 0) is 57.7 Å². The second-order valence-electron chi connectivity index (χ2n) is 6.63. The molecule has 1 aromatic carbocycles. The van der Waals surface area contributed by atoms with Gasteiger partial charge in [0.15, 0.2) is 0 Å². The zero-order valence-electron chi connectivity index (χ0n) is 12.2. The molecule has 2 aliphatic carbocycles. The fourth-order valence-corrected chi connectivity index (χ4v) is 3.48. The van der Waals surface area contributed by atoms with Gasteiger partial charge in [-0.1, -0.05) is 30.3 Å². The number of hydrogen-bond donors (Lipinski definition) is 1. The van der Waals surface area contributed by atoms with E-state index in [1.54, 1.807) is 0 Å². The summed E-state index contributed by atoms with van der Waals surface area (Å²) in [6, 6.07) is 11.7. The zero-order chi connectivity index (χ0) is 13.3. The number of benzene rings is 1. The van der Waals surface area contributed by atoms with E-state index in [0.717, 1.165) is 12.0 Å². The number of nitrogens with one attached hydrogen (secondary N) is 1. The van der Waals surface area contributed by atoms with Gasteiger partial charge in [0.05, 0.1) is 0 Å². The molecule has 0 radical (unpaired) electrons. The Balaban J connectivity index is 1.45. The van der Waals surface area contributed by atoms with Crippen molar-refractivity contribution in [3.63, 3.8) is 0 Å². The summed E-state index contributed by atoms with van der Waals surface area (Å²) in [5.41, 5.74) is 1.98. The minimum Gasteiger partial charge on any atom is -0.312 e. The summed E-state index contributed by atoms with van der Waals surface area (Å²) >= 11 is 0. The normalized spacial score (nSPS) is 28.8. The van der Waals surface area contributed by atoms with Gasteiger partial charge in [-0.15, -0.1) is 0 Å². The maximum atomic E-state index is 3.80. The molecule has 104 valence electrons. The predicted octanol–water partition coefficient (Wildman–Crippen LogP) is 3.01. The third-order valence-electron chi connectivity index (χ3n) is 5.36. The van der Waals surface area contributed by atoms with E-state index < -0.39 is 0 Å². The quantitative estimate of drug-likeness (QED) is 0.873. The van der Waals surface area contributed by atoms with Crippen molar-refractivity contribution in [2.45, 2.75) is 49.6 Å². The first kappa shape index (κ1) is 13.1. The van der Waals surface area contributed by atoms with Gasteiger partial charge in [0.1, 0.15) is 0 Å². The fourth-order valence-electron chi connectivity index (χ4n) is 3.48. The number of likely N-dealkylation sites (N-methyl/N-ethyl adjacent to an activating group) is 1. The Hall–Kier alpha value is -0.860. The monoisotopic (exact) mass is 258 g/mol. The summed E-state index contributed by atoms with van der Waals surface area (Å²) in [7, 11) is 4.46. The highest BCUT2D eigenvalue weighted by molar-refractivity contribution is 5.22. The standard InChI is InChI=1S/C17H26N2/c1-19(2)17(9-6-10-17)13-18-16-11-15(12-16)14-7-4-3-5-8-14/h3-5,7-8,15-16,18H,6,9-13H2,1-2H3. The first-order valence-corrected chi connectivity index (χ1v) is 7.65. The van der Waals surface area contributed by atoms with Crippen LogP contribution < -0.4 is 5.32 Å². The van der Waals surface area contributed by atoms with Gasteiger partial charge >= 0.3 is 0 Å². The van der Waals surface area contributed by atoms with Crippen molar-refractivity contribution >= 4 is 0 Å². The van der Waals surface area contributed by atoms with E-state index in [-0.39, 0.29) is 0 Å². The average Bonchev–Trinajstić information content (AvgIpc) is 2.30. The van der Waals surface area contributed by atoms with Crippen molar-refractivity contribution in [1.82, 2.24) is 10.2 Å². The van der Waals surface area contributed by atoms with Crippen LogP contribution in [0.4, 0.5) is 0 Å². The lowest BCUT2D eigenvalue weighted by molar-refractivity contribution is 0.0524. The third kappa shape index (κ3) is 2.56. The SMILES string of the molecule is CN(C)C1(CNC2CC(c3ccccc3)C2)CCC1. The third-order valence-corrected chi connectivity index (χ3v) is 5.36. The Kier molecular flexibility index (Phi) is 3.64. The highest BCUT2D eigenvalue weighted by Crippen LogP contribution is 2.39. The molecular weight excluding hydrogens is 232 g/mol. The molecule has 2 aliphatic rings. The van der Waals surface area contributed by atoms with E-state index >= 15 is 0 Å². The molecular formula is C17H26N2. The number of nitrogens with zero attached hydrogens (tertiary/aromatic N) is 1. The molecule has 2 heteroatoms. The number of hydrogen-bond acceptors (Lipinski definition) is 2. The Morgan fingerprint density at radius 2 is 1.84 bits per heavy atom. The maximum Gasteiger partial charge on any atom is 0.0328 e. The van der Waals surface area contributed by atoms with Crippen molar-refractivity contribution in [3.8, 4) is 0 Å². The molecule has 0 aliphatic heterocycles. The average molecular weight is 258 g/mol. The highest BCUT2D eigenvalue weighted by Gasteiger charge is 2.40. The Morgan fingerprint density at radius 3 is 2.37 bits per heavy atom. The molecule has 3 rings (SSSR count). The maximum absolute atomic E-state index is 3.80. The topological polar surface area (TPSA) is 15.3 Å². The van der Waals surface area contributed by atoms with Crippen LogP contribution in [0.3, 0.4) is 0 Å². The molecule has 0 aromatic heterocycles. The summed E-state index contributed by atoms with van der Waals surface area (Å²) in [5.74, 6) is 0.787. The van der Waals surface area contributed by atoms with Crippen LogP contribution in [-0.2, 0) is 0 Å². The van der Waals surface area contributed by atoms with Crippen LogP contribution >= 0.6 is 0 Å². The highest BCUT2D eigenvalue weighted by atomic mass is 15.2. The van der Waals surface area contributed by atoms with E-state index in [0.29, 0.717) is 5.54 Å². The van der Waals surface area contributed by atoms with Gasteiger partial charge in [0.25, 0.3) is 0 Å². The molecule has 0 unspecified atom stereocenters. The molecule has 2 nitrogen and oxygen atoms in total. The molecule has 19 heavy (non-hydrogen) atoms. The smallest absolute Gasteiger partial charge is 0.0328 e. The minimum atomic E-state index is 0.456. The van der Waals surface area contributed by atoms with Gasteiger partial charge in [-0.2, -0.15) is 0 Å². The molecule has 2 saturated carbocycles. The van der Waals surface area contributed by atoms with Crippen LogP contribution in [0.1, 0.15) is 43.6 Å². The molecule has 0 amide bonds. The van der Waals surface area contributed by atoms with Crippen molar-refractivity contribution < 1.29 is 0 Å². The van der Waals surface area contributed by atoms with Crippen LogP contribution in [0.5, 0.6) is 0 Å². The first-order chi connectivity index (χ1) is 9.20. The molecule has 0 saturated heterocycles. The molecule has 0 bridgehead atoms. The van der Waals surface area contributed by atoms with Gasteiger partial charge in [0, 0.05) is 18.1 Å². The zero-order valence-corrected chi connectivity index (χ0v) is 12.2. The van der Waals surface area contributed by atoms with Crippen LogP contribution in [0, 0.1) is 0 Å². The summed E-state index contributed by atoms with van der Waals surface area (Å²) < 4.78 is 0. The van der Waals surface area contributed by atoms with Gasteiger partial charge in [0.2, 0.25) is 0 Å². The van der Waals surface area contributed by atoms with Crippen molar-refractivity contribution in [2.75, 3.05) is 20.6 Å². The Bertz CT molecular complexity index is 403. The minimum absolute atomic E-state index is 0.456. The van der Waals surface area contributed by atoms with E-state index in [9.17, 15) is 0 Å². The largest absolute Gasteiger partial charge is 0.312 e. The molecule has 1 N–H and O–H groups in total. The summed E-state index contributed by atoms with van der Waals surface area (Å²) in [6.45, 7) is 1.17. The van der Waals surface area contributed by atoms with Gasteiger partial charge < -0.3 is 10.2 Å². The summed E-state index contributed by atoms with van der Waals surface area (Å²) in [6.07, 6.45) is 6.75.